The van der Waals surface area contributed by atoms with E-state index in [0.717, 1.165) is 18.4 Å². The van der Waals surface area contributed by atoms with Crippen LogP contribution in [0.3, 0.4) is 0 Å². The van der Waals surface area contributed by atoms with E-state index in [1.54, 1.807) is 0 Å². The van der Waals surface area contributed by atoms with Gasteiger partial charge in [0.1, 0.15) is 11.5 Å². The molecule has 45 heavy (non-hydrogen) atoms. The van der Waals surface area contributed by atoms with Crippen molar-refractivity contribution in [2.75, 3.05) is 17.5 Å². The highest BCUT2D eigenvalue weighted by Crippen LogP contribution is 2.32. The van der Waals surface area contributed by atoms with Crippen LogP contribution in [-0.2, 0) is 27.4 Å². The number of hydrogen-bond acceptors (Lipinski definition) is 7. The fraction of sp³-hybridized carbons (Fsp3) is 0.296. The molecule has 0 saturated carbocycles. The lowest BCUT2D eigenvalue weighted by Gasteiger charge is -2.23. The number of nitrogens with one attached hydrogen (secondary N) is 2. The van der Waals surface area contributed by atoms with Gasteiger partial charge in [0.05, 0.1) is 23.6 Å². The van der Waals surface area contributed by atoms with Crippen molar-refractivity contribution in [1.82, 2.24) is 5.32 Å². The number of rotatable bonds is 11. The number of phenols is 1. The summed E-state index contributed by atoms with van der Waals surface area (Å²) in [6.07, 6.45) is -9.88. The number of aliphatic hydroxyl groups is 1. The number of benzene rings is 3. The number of carbonyl (C=O) groups is 1. The van der Waals surface area contributed by atoms with E-state index in [2.05, 4.69) is 14.8 Å². The van der Waals surface area contributed by atoms with E-state index in [-0.39, 0.29) is 35.7 Å². The van der Waals surface area contributed by atoms with Crippen LogP contribution in [0.25, 0.3) is 0 Å². The van der Waals surface area contributed by atoms with Gasteiger partial charge in [0.15, 0.2) is 0 Å². The van der Waals surface area contributed by atoms with Crippen molar-refractivity contribution in [3.8, 4) is 11.5 Å². The maximum Gasteiger partial charge on any atom is 0.490 e. The number of halogens is 8. The van der Waals surface area contributed by atoms with Crippen LogP contribution in [0, 0.1) is 0 Å². The third-order valence-corrected chi connectivity index (χ3v) is 6.29. The molecule has 0 aliphatic rings. The second-order valence-electron chi connectivity index (χ2n) is 9.28. The highest BCUT2D eigenvalue weighted by molar-refractivity contribution is 7.92. The van der Waals surface area contributed by atoms with Gasteiger partial charge < -0.3 is 25.4 Å². The Labute approximate surface area is 251 Å². The fourth-order valence-corrected chi connectivity index (χ4v) is 4.28. The van der Waals surface area contributed by atoms with Crippen molar-refractivity contribution in [2.24, 2.45) is 0 Å². The van der Waals surface area contributed by atoms with Crippen LogP contribution < -0.4 is 14.8 Å². The monoisotopic (exact) mass is 674 g/mol. The molecule has 0 fully saturated rings. The van der Waals surface area contributed by atoms with Gasteiger partial charge in [-0.2, -0.15) is 35.1 Å². The van der Waals surface area contributed by atoms with Crippen LogP contribution in [0.2, 0.25) is 0 Å². The Morgan fingerprint density at radius 3 is 2.02 bits per heavy atom. The van der Waals surface area contributed by atoms with Gasteiger partial charge in [-0.1, -0.05) is 36.4 Å². The average Bonchev–Trinajstić information content (AvgIpc) is 2.91. The molecule has 3 aromatic rings. The van der Waals surface area contributed by atoms with E-state index in [4.69, 9.17) is 9.90 Å². The Hall–Kier alpha value is -4.16. The summed E-state index contributed by atoms with van der Waals surface area (Å²) >= 11 is 0. The van der Waals surface area contributed by atoms with Crippen molar-refractivity contribution >= 4 is 21.7 Å². The van der Waals surface area contributed by atoms with E-state index < -0.39 is 52.7 Å². The first kappa shape index (κ1) is 37.0. The van der Waals surface area contributed by atoms with Gasteiger partial charge in [0.2, 0.25) is 10.0 Å². The summed E-state index contributed by atoms with van der Waals surface area (Å²) in [6.45, 7) is -3.15. The molecular weight excluding hydrogens is 648 g/mol. The van der Waals surface area contributed by atoms with Crippen molar-refractivity contribution in [3.63, 3.8) is 0 Å². The summed E-state index contributed by atoms with van der Waals surface area (Å²) in [5.74, 6) is -3.21. The minimum absolute atomic E-state index is 0.0577. The lowest BCUT2D eigenvalue weighted by Crippen LogP contribution is -2.28. The number of ether oxygens (including phenoxy) is 1. The van der Waals surface area contributed by atoms with E-state index >= 15 is 0 Å². The first-order chi connectivity index (χ1) is 20.7. The Morgan fingerprint density at radius 1 is 0.933 bits per heavy atom. The maximum atomic E-state index is 13.2. The van der Waals surface area contributed by atoms with Gasteiger partial charge in [0.25, 0.3) is 0 Å². The average molecular weight is 675 g/mol. The van der Waals surface area contributed by atoms with E-state index in [1.165, 1.54) is 54.6 Å². The van der Waals surface area contributed by atoms with E-state index in [0.29, 0.717) is 11.1 Å². The number of aliphatic carboxylic acids is 1. The molecule has 0 spiro atoms. The van der Waals surface area contributed by atoms with Crippen molar-refractivity contribution in [3.05, 3.63) is 89.0 Å². The molecule has 0 amide bonds. The maximum absolute atomic E-state index is 13.2. The van der Waals surface area contributed by atoms with Crippen molar-refractivity contribution in [1.29, 1.82) is 0 Å². The standard InChI is InChI=1S/C25H25F5N2O5S.C2HF3O2/c1-38(35,36)32-21-13-17(7-10-22(21)33)23(34)14-31-20(16-5-8-19(9-6-16)37-24(26)27)12-15-3-2-4-18(11-15)25(28,29)30;3-2(4,5)1(6)7/h2-11,13,20,23-24,31-34H,12,14H2,1H3;(H,6,7)/t20-,23+;/m1./s1. The van der Waals surface area contributed by atoms with Gasteiger partial charge in [-0.15, -0.1) is 0 Å². The fourth-order valence-electron chi connectivity index (χ4n) is 3.71. The number of aromatic hydroxyl groups is 1. The normalized spacial score (nSPS) is 13.4. The number of aliphatic hydroxyl groups excluding tert-OH is 1. The van der Waals surface area contributed by atoms with Crippen LogP contribution in [0.5, 0.6) is 11.5 Å². The first-order valence-electron chi connectivity index (χ1n) is 12.4. The van der Waals surface area contributed by atoms with Gasteiger partial charge >= 0.3 is 24.9 Å². The molecular formula is C27H26F8N2O7S. The molecule has 0 bridgehead atoms. The highest BCUT2D eigenvalue weighted by Gasteiger charge is 2.38. The Kier molecular flexibility index (Phi) is 12.5. The van der Waals surface area contributed by atoms with Crippen LogP contribution in [0.1, 0.15) is 34.4 Å². The molecule has 0 saturated heterocycles. The molecule has 0 heterocycles. The van der Waals surface area contributed by atoms with E-state index in [9.17, 15) is 53.8 Å². The SMILES string of the molecule is CS(=O)(=O)Nc1cc([C@@H](O)CN[C@H](Cc2cccc(C(F)(F)F)c2)c2ccc(OC(F)F)cc2)ccc1O.O=C(O)C(F)(F)F. The molecule has 0 radical (unpaired) electrons. The van der Waals surface area contributed by atoms with Crippen LogP contribution >= 0.6 is 0 Å². The minimum atomic E-state index is -5.08. The summed E-state index contributed by atoms with van der Waals surface area (Å²) in [7, 11) is -3.71. The predicted molar refractivity (Wildman–Crippen MR) is 144 cm³/mol. The Bertz CT molecular complexity index is 1530. The van der Waals surface area contributed by atoms with E-state index in [1.807, 2.05) is 0 Å². The zero-order valence-electron chi connectivity index (χ0n) is 22.9. The number of carboxylic acid groups (broad SMARTS) is 1. The third-order valence-electron chi connectivity index (χ3n) is 5.70. The molecule has 2 atom stereocenters. The zero-order chi connectivity index (χ0) is 34.2. The lowest BCUT2D eigenvalue weighted by atomic mass is 9.97. The van der Waals surface area contributed by atoms with Crippen molar-refractivity contribution < 1.29 is 68.4 Å². The Balaban J connectivity index is 0.000000900. The number of carboxylic acids is 1. The first-order valence-corrected chi connectivity index (χ1v) is 14.3. The lowest BCUT2D eigenvalue weighted by molar-refractivity contribution is -0.192. The quantitative estimate of drug-likeness (QED) is 0.130. The smallest absolute Gasteiger partial charge is 0.490 e. The molecule has 18 heteroatoms. The molecule has 0 aliphatic carbocycles. The zero-order valence-corrected chi connectivity index (χ0v) is 23.7. The molecule has 9 nitrogen and oxygen atoms in total. The van der Waals surface area contributed by atoms with Gasteiger partial charge in [0, 0.05) is 12.6 Å². The molecule has 248 valence electrons. The number of hydrogen-bond donors (Lipinski definition) is 5. The predicted octanol–water partition coefficient (Wildman–Crippen LogP) is 5.62. The number of phenolic OH excluding ortho intramolecular Hbond substituents is 1. The highest BCUT2D eigenvalue weighted by atomic mass is 32.2. The summed E-state index contributed by atoms with van der Waals surface area (Å²) in [5, 5.41) is 30.8. The summed E-state index contributed by atoms with van der Waals surface area (Å²) in [6, 6.07) is 13.5. The van der Waals surface area contributed by atoms with Gasteiger partial charge in [-0.25, -0.2) is 13.2 Å². The topological polar surface area (TPSA) is 145 Å². The summed E-state index contributed by atoms with van der Waals surface area (Å²) in [5.41, 5.74) is 0.147. The molecule has 0 aliphatic heterocycles. The minimum Gasteiger partial charge on any atom is -0.506 e. The van der Waals surface area contributed by atoms with Gasteiger partial charge in [-0.05, 0) is 53.4 Å². The molecule has 0 unspecified atom stereocenters. The second-order valence-corrected chi connectivity index (χ2v) is 11.0. The van der Waals surface area contributed by atoms with Crippen LogP contribution in [0.4, 0.5) is 40.8 Å². The summed E-state index contributed by atoms with van der Waals surface area (Å²) in [4.78, 5) is 8.90. The molecule has 0 aromatic heterocycles. The number of alkyl halides is 8. The van der Waals surface area contributed by atoms with Gasteiger partial charge in [-0.3, -0.25) is 4.72 Å². The summed E-state index contributed by atoms with van der Waals surface area (Å²) < 4.78 is 126. The third kappa shape index (κ3) is 12.8. The Morgan fingerprint density at radius 2 is 1.51 bits per heavy atom. The molecule has 5 N–H and O–H groups in total. The number of anilines is 1. The largest absolute Gasteiger partial charge is 0.506 e. The van der Waals surface area contributed by atoms with Crippen molar-refractivity contribution in [2.45, 2.75) is 37.5 Å². The van der Waals surface area contributed by atoms with Crippen LogP contribution in [-0.4, -0.2) is 55.3 Å². The second kappa shape index (κ2) is 15.2. The number of sulfonamides is 1. The molecule has 3 aromatic carbocycles. The molecule has 3 rings (SSSR count). The van der Waals surface area contributed by atoms with Crippen LogP contribution in [0.15, 0.2) is 66.7 Å².